The van der Waals surface area contributed by atoms with E-state index < -0.39 is 0 Å². The van der Waals surface area contributed by atoms with Crippen molar-refractivity contribution >= 4 is 21.8 Å². The maximum absolute atomic E-state index is 13.1. The van der Waals surface area contributed by atoms with Crippen molar-refractivity contribution in [2.45, 2.75) is 62.2 Å². The first-order chi connectivity index (χ1) is 12.0. The predicted molar refractivity (Wildman–Crippen MR) is 97.7 cm³/mol. The van der Waals surface area contributed by atoms with E-state index in [4.69, 9.17) is 9.68 Å². The molecule has 4 fully saturated rings. The number of furan rings is 1. The highest BCUT2D eigenvalue weighted by molar-refractivity contribution is 9.10. The largest absolute Gasteiger partial charge is 0.467 e. The number of alkyl halides is 1. The van der Waals surface area contributed by atoms with Crippen LogP contribution < -0.4 is 0 Å². The fraction of sp³-hybridized carbons (Fsp3) is 0.700. The molecule has 4 nitrogen and oxygen atoms in total. The van der Waals surface area contributed by atoms with Gasteiger partial charge < -0.3 is 9.32 Å². The number of nitrogens with zero attached hydrogens (tertiary/aromatic N) is 2. The Kier molecular flexibility index (Phi) is 4.43. The van der Waals surface area contributed by atoms with Gasteiger partial charge in [-0.25, -0.2) is 0 Å². The van der Waals surface area contributed by atoms with Gasteiger partial charge in [0.05, 0.1) is 25.3 Å². The van der Waals surface area contributed by atoms with E-state index in [1.54, 1.807) is 6.26 Å². The van der Waals surface area contributed by atoms with E-state index in [2.05, 4.69) is 22.0 Å². The number of carbonyl (C=O) groups is 1. The van der Waals surface area contributed by atoms with Gasteiger partial charge in [-0.1, -0.05) is 15.9 Å². The topological polar surface area (TPSA) is 57.2 Å². The van der Waals surface area contributed by atoms with Gasteiger partial charge in [-0.05, 0) is 67.9 Å². The van der Waals surface area contributed by atoms with Gasteiger partial charge in [-0.2, -0.15) is 5.26 Å². The second kappa shape index (κ2) is 6.46. The molecule has 5 rings (SSSR count). The highest BCUT2D eigenvalue weighted by Gasteiger charge is 2.57. The summed E-state index contributed by atoms with van der Waals surface area (Å²) in [6.07, 6.45) is 10.1. The third-order valence-corrected chi connectivity index (χ3v) is 7.34. The first-order valence-electron chi connectivity index (χ1n) is 9.35. The Morgan fingerprint density at radius 3 is 2.72 bits per heavy atom. The van der Waals surface area contributed by atoms with Crippen LogP contribution >= 0.6 is 15.9 Å². The van der Waals surface area contributed by atoms with Gasteiger partial charge in [-0.3, -0.25) is 4.79 Å². The number of nitriles is 1. The molecule has 0 aromatic carbocycles. The van der Waals surface area contributed by atoms with Crippen LogP contribution in [0.3, 0.4) is 0 Å². The molecule has 4 saturated carbocycles. The van der Waals surface area contributed by atoms with Crippen LogP contribution in [0.5, 0.6) is 0 Å². The highest BCUT2D eigenvalue weighted by Crippen LogP contribution is 2.65. The lowest BCUT2D eigenvalue weighted by Crippen LogP contribution is -2.54. The smallest absolute Gasteiger partial charge is 0.223 e. The normalized spacial score (nSPS) is 35.5. The molecule has 2 unspecified atom stereocenters. The average molecular weight is 405 g/mol. The summed E-state index contributed by atoms with van der Waals surface area (Å²) in [5, 5.41) is 8.94. The quantitative estimate of drug-likeness (QED) is 0.648. The van der Waals surface area contributed by atoms with Gasteiger partial charge in [0.2, 0.25) is 5.91 Å². The molecular formula is C20H25BrN2O2. The standard InChI is InChI=1S/C20H25BrN2O2/c21-20-10-15-7-16(11-20)9-19(8-15,14-20)12-18(24)23(5-2-4-22)13-17-3-1-6-25-17/h1,3,6,15-16H,2,5,7-14H2. The van der Waals surface area contributed by atoms with Crippen LogP contribution in [-0.2, 0) is 11.3 Å². The maximum atomic E-state index is 13.1. The number of hydrogen-bond donors (Lipinski definition) is 0. The number of rotatable bonds is 6. The molecular weight excluding hydrogens is 380 g/mol. The lowest BCUT2D eigenvalue weighted by Gasteiger charge is -2.60. The van der Waals surface area contributed by atoms with Crippen molar-refractivity contribution in [1.82, 2.24) is 4.90 Å². The minimum Gasteiger partial charge on any atom is -0.467 e. The molecule has 25 heavy (non-hydrogen) atoms. The molecule has 0 saturated heterocycles. The van der Waals surface area contributed by atoms with E-state index in [0.29, 0.717) is 25.9 Å². The van der Waals surface area contributed by atoms with E-state index in [0.717, 1.165) is 24.0 Å². The second-order valence-electron chi connectivity index (χ2n) is 8.59. The number of hydrogen-bond acceptors (Lipinski definition) is 3. The van der Waals surface area contributed by atoms with E-state index in [1.807, 2.05) is 17.0 Å². The zero-order valence-electron chi connectivity index (χ0n) is 14.5. The van der Waals surface area contributed by atoms with E-state index in [1.165, 1.54) is 32.1 Å². The van der Waals surface area contributed by atoms with Crippen molar-refractivity contribution in [3.05, 3.63) is 24.2 Å². The van der Waals surface area contributed by atoms with Crippen LogP contribution in [0.2, 0.25) is 0 Å². The van der Waals surface area contributed by atoms with Crippen LogP contribution in [0.4, 0.5) is 0 Å². The van der Waals surface area contributed by atoms with Crippen molar-refractivity contribution in [2.24, 2.45) is 17.3 Å². The zero-order valence-corrected chi connectivity index (χ0v) is 16.1. The highest BCUT2D eigenvalue weighted by atomic mass is 79.9. The number of halogens is 1. The van der Waals surface area contributed by atoms with E-state index >= 15 is 0 Å². The second-order valence-corrected chi connectivity index (χ2v) is 10.3. The molecule has 1 aromatic rings. The summed E-state index contributed by atoms with van der Waals surface area (Å²) in [5.41, 5.74) is 0.165. The van der Waals surface area contributed by atoms with E-state index in [-0.39, 0.29) is 15.6 Å². The molecule has 1 aromatic heterocycles. The number of carbonyl (C=O) groups excluding carboxylic acids is 1. The molecule has 2 atom stereocenters. The summed E-state index contributed by atoms with van der Waals surface area (Å²) in [5.74, 6) is 2.54. The molecule has 4 aliphatic carbocycles. The fourth-order valence-electron chi connectivity index (χ4n) is 6.04. The molecule has 0 aliphatic heterocycles. The SMILES string of the molecule is N#CCCN(Cc1ccco1)C(=O)CC12CC3CC(CC(Br)(C3)C1)C2. The van der Waals surface area contributed by atoms with Crippen LogP contribution in [0.15, 0.2) is 22.8 Å². The van der Waals surface area contributed by atoms with E-state index in [9.17, 15) is 4.79 Å². The van der Waals surface area contributed by atoms with Gasteiger partial charge in [0.1, 0.15) is 5.76 Å². The lowest BCUT2D eigenvalue weighted by atomic mass is 9.48. The van der Waals surface area contributed by atoms with Crippen LogP contribution in [0.1, 0.15) is 57.1 Å². The first-order valence-corrected chi connectivity index (χ1v) is 10.1. The van der Waals surface area contributed by atoms with Crippen molar-refractivity contribution in [3.8, 4) is 6.07 Å². The molecule has 0 radical (unpaired) electrons. The molecule has 134 valence electrons. The Bertz CT molecular complexity index is 664. The van der Waals surface area contributed by atoms with Gasteiger partial charge >= 0.3 is 0 Å². The predicted octanol–water partition coefficient (Wildman–Crippen LogP) is 4.65. The van der Waals surface area contributed by atoms with Crippen LogP contribution in [0, 0.1) is 28.6 Å². The molecule has 1 heterocycles. The third kappa shape index (κ3) is 3.51. The Labute approximate surface area is 157 Å². The Morgan fingerprint density at radius 2 is 2.12 bits per heavy atom. The Hall–Kier alpha value is -1.28. The molecule has 0 N–H and O–H groups in total. The van der Waals surface area contributed by atoms with Crippen LogP contribution in [0.25, 0.3) is 0 Å². The molecule has 0 spiro atoms. The summed E-state index contributed by atoms with van der Waals surface area (Å²) in [6.45, 7) is 0.953. The Morgan fingerprint density at radius 1 is 1.36 bits per heavy atom. The van der Waals surface area contributed by atoms with Gasteiger partial charge in [0, 0.05) is 17.3 Å². The monoisotopic (exact) mass is 404 g/mol. The maximum Gasteiger partial charge on any atom is 0.223 e. The summed E-state index contributed by atoms with van der Waals surface area (Å²) in [6, 6.07) is 5.90. The first kappa shape index (κ1) is 17.1. The summed E-state index contributed by atoms with van der Waals surface area (Å²) in [4.78, 5) is 14.9. The van der Waals surface area contributed by atoms with Gasteiger partial charge in [-0.15, -0.1) is 0 Å². The average Bonchev–Trinajstić information content (AvgIpc) is 3.01. The minimum atomic E-state index is 0.165. The summed E-state index contributed by atoms with van der Waals surface area (Å²) >= 11 is 4.03. The zero-order chi connectivity index (χ0) is 17.5. The molecule has 1 amide bonds. The molecule has 4 bridgehead atoms. The van der Waals surface area contributed by atoms with Gasteiger partial charge in [0.25, 0.3) is 0 Å². The summed E-state index contributed by atoms with van der Waals surface area (Å²) < 4.78 is 5.69. The summed E-state index contributed by atoms with van der Waals surface area (Å²) in [7, 11) is 0. The fourth-order valence-corrected chi connectivity index (χ4v) is 7.55. The Balaban J connectivity index is 1.48. The van der Waals surface area contributed by atoms with Crippen molar-refractivity contribution in [3.63, 3.8) is 0 Å². The molecule has 4 aliphatic rings. The van der Waals surface area contributed by atoms with Crippen molar-refractivity contribution < 1.29 is 9.21 Å². The number of amides is 1. The lowest BCUT2D eigenvalue weighted by molar-refractivity contribution is -0.139. The molecule has 5 heteroatoms. The van der Waals surface area contributed by atoms with Crippen molar-refractivity contribution in [2.75, 3.05) is 6.54 Å². The van der Waals surface area contributed by atoms with Gasteiger partial charge in [0.15, 0.2) is 0 Å². The van der Waals surface area contributed by atoms with Crippen LogP contribution in [-0.4, -0.2) is 21.7 Å². The third-order valence-electron chi connectivity index (χ3n) is 6.41. The minimum absolute atomic E-state index is 0.165. The van der Waals surface area contributed by atoms with Crippen molar-refractivity contribution in [1.29, 1.82) is 5.26 Å².